The molecule has 0 radical (unpaired) electrons. The van der Waals surface area contributed by atoms with Crippen molar-refractivity contribution >= 4 is 11.5 Å². The minimum absolute atomic E-state index is 0.186. The highest BCUT2D eigenvalue weighted by Crippen LogP contribution is 2.33. The maximum absolute atomic E-state index is 4.99. The zero-order valence-corrected chi connectivity index (χ0v) is 17.2. The van der Waals surface area contributed by atoms with Gasteiger partial charge in [-0.25, -0.2) is 9.97 Å². The van der Waals surface area contributed by atoms with Gasteiger partial charge < -0.3 is 5.32 Å². The van der Waals surface area contributed by atoms with Crippen LogP contribution in [0, 0.1) is 0 Å². The molecule has 0 bridgehead atoms. The van der Waals surface area contributed by atoms with E-state index >= 15 is 0 Å². The molecule has 6 heteroatoms. The Morgan fingerprint density at radius 1 is 0.871 bits per heavy atom. The summed E-state index contributed by atoms with van der Waals surface area (Å²) in [6.45, 7) is 1.91. The number of benzene rings is 1. The molecule has 0 spiro atoms. The van der Waals surface area contributed by atoms with Crippen molar-refractivity contribution in [3.8, 4) is 11.3 Å². The molecular formula is C25H24N6. The van der Waals surface area contributed by atoms with E-state index < -0.39 is 0 Å². The van der Waals surface area contributed by atoms with Gasteiger partial charge in [0.25, 0.3) is 0 Å². The summed E-state index contributed by atoms with van der Waals surface area (Å²) in [6, 6.07) is 20.4. The first-order valence-corrected chi connectivity index (χ1v) is 10.6. The number of anilines is 2. The predicted molar refractivity (Wildman–Crippen MR) is 122 cm³/mol. The van der Waals surface area contributed by atoms with Gasteiger partial charge >= 0.3 is 0 Å². The molecular weight excluding hydrogens is 384 g/mol. The molecule has 4 heterocycles. The Bertz CT molecular complexity index is 1120. The van der Waals surface area contributed by atoms with Crippen LogP contribution in [0.4, 0.5) is 11.5 Å². The standard InChI is InChI=1S/C25H24N6/c1-2-5-21(6-3-1)28-24-17-22(20-10-14-27-15-11-20)29-25(30-24)23-7-4-16-31(23)18-19-8-12-26-13-9-19/h1-3,5-6,8-15,17,23H,4,7,16,18H2,(H,28,29,30)/t23-/m1/s1. The zero-order valence-electron chi connectivity index (χ0n) is 17.2. The highest BCUT2D eigenvalue weighted by atomic mass is 15.2. The van der Waals surface area contributed by atoms with Crippen LogP contribution in [0.2, 0.25) is 0 Å². The van der Waals surface area contributed by atoms with E-state index in [-0.39, 0.29) is 6.04 Å². The maximum atomic E-state index is 4.99. The molecule has 154 valence electrons. The summed E-state index contributed by atoms with van der Waals surface area (Å²) in [6.07, 6.45) is 9.49. The molecule has 1 atom stereocenters. The fourth-order valence-electron chi connectivity index (χ4n) is 4.05. The third kappa shape index (κ3) is 4.59. The van der Waals surface area contributed by atoms with E-state index in [4.69, 9.17) is 9.97 Å². The average molecular weight is 409 g/mol. The van der Waals surface area contributed by atoms with Gasteiger partial charge in [-0.3, -0.25) is 14.9 Å². The van der Waals surface area contributed by atoms with Crippen molar-refractivity contribution in [2.75, 3.05) is 11.9 Å². The number of rotatable bonds is 6. The van der Waals surface area contributed by atoms with Gasteiger partial charge in [-0.05, 0) is 61.3 Å². The van der Waals surface area contributed by atoms with Crippen LogP contribution in [0.3, 0.4) is 0 Å². The summed E-state index contributed by atoms with van der Waals surface area (Å²) >= 11 is 0. The zero-order chi connectivity index (χ0) is 20.9. The average Bonchev–Trinajstić information content (AvgIpc) is 3.29. The van der Waals surface area contributed by atoms with Gasteiger partial charge in [0, 0.05) is 48.6 Å². The second-order valence-electron chi connectivity index (χ2n) is 7.71. The Kier molecular flexibility index (Phi) is 5.62. The molecule has 1 saturated heterocycles. The van der Waals surface area contributed by atoms with Crippen LogP contribution in [-0.4, -0.2) is 31.4 Å². The fourth-order valence-corrected chi connectivity index (χ4v) is 4.05. The summed E-state index contributed by atoms with van der Waals surface area (Å²) in [7, 11) is 0. The summed E-state index contributed by atoms with van der Waals surface area (Å²) in [5, 5.41) is 3.45. The van der Waals surface area contributed by atoms with Crippen molar-refractivity contribution < 1.29 is 0 Å². The lowest BCUT2D eigenvalue weighted by Crippen LogP contribution is -2.24. The van der Waals surface area contributed by atoms with E-state index in [1.165, 1.54) is 5.56 Å². The SMILES string of the molecule is c1ccc(Nc2cc(-c3ccncc3)nc([C@H]3CCCN3Cc3ccncc3)n2)cc1. The Morgan fingerprint density at radius 2 is 1.61 bits per heavy atom. The van der Waals surface area contributed by atoms with E-state index in [0.717, 1.165) is 54.5 Å². The van der Waals surface area contributed by atoms with Crippen LogP contribution >= 0.6 is 0 Å². The van der Waals surface area contributed by atoms with Gasteiger partial charge in [0.15, 0.2) is 0 Å². The summed E-state index contributed by atoms with van der Waals surface area (Å²) in [5.74, 6) is 1.66. The number of likely N-dealkylation sites (tertiary alicyclic amines) is 1. The largest absolute Gasteiger partial charge is 0.340 e. The van der Waals surface area contributed by atoms with Gasteiger partial charge in [0.1, 0.15) is 11.6 Å². The molecule has 4 aromatic rings. The molecule has 0 saturated carbocycles. The molecule has 5 rings (SSSR count). The summed E-state index contributed by atoms with van der Waals surface area (Å²) in [5.41, 5.74) is 4.21. The van der Waals surface area contributed by atoms with E-state index in [1.807, 2.05) is 60.9 Å². The normalized spacial score (nSPS) is 16.3. The second-order valence-corrected chi connectivity index (χ2v) is 7.71. The number of nitrogens with zero attached hydrogens (tertiary/aromatic N) is 5. The first-order valence-electron chi connectivity index (χ1n) is 10.6. The second kappa shape index (κ2) is 9.02. The number of para-hydroxylation sites is 1. The lowest BCUT2D eigenvalue weighted by Gasteiger charge is -2.24. The van der Waals surface area contributed by atoms with Crippen molar-refractivity contribution in [3.05, 3.63) is 96.8 Å². The maximum Gasteiger partial charge on any atom is 0.148 e. The molecule has 0 aliphatic carbocycles. The Morgan fingerprint density at radius 3 is 2.39 bits per heavy atom. The monoisotopic (exact) mass is 408 g/mol. The van der Waals surface area contributed by atoms with Crippen LogP contribution in [0.15, 0.2) is 85.5 Å². The molecule has 31 heavy (non-hydrogen) atoms. The minimum atomic E-state index is 0.186. The molecule has 1 fully saturated rings. The smallest absolute Gasteiger partial charge is 0.148 e. The lowest BCUT2D eigenvalue weighted by atomic mass is 10.1. The van der Waals surface area contributed by atoms with Gasteiger partial charge in [-0.15, -0.1) is 0 Å². The van der Waals surface area contributed by atoms with Crippen molar-refractivity contribution in [1.82, 2.24) is 24.8 Å². The third-order valence-electron chi connectivity index (χ3n) is 5.56. The number of nitrogens with one attached hydrogen (secondary N) is 1. The van der Waals surface area contributed by atoms with E-state index in [1.54, 1.807) is 12.4 Å². The molecule has 6 nitrogen and oxygen atoms in total. The molecule has 0 amide bonds. The molecule has 1 N–H and O–H groups in total. The number of aromatic nitrogens is 4. The highest BCUT2D eigenvalue weighted by molar-refractivity contribution is 5.65. The molecule has 1 aromatic carbocycles. The van der Waals surface area contributed by atoms with Crippen LogP contribution in [0.1, 0.15) is 30.3 Å². The van der Waals surface area contributed by atoms with Gasteiger partial charge in [-0.1, -0.05) is 18.2 Å². The number of pyridine rings is 2. The van der Waals surface area contributed by atoms with Crippen molar-refractivity contribution in [3.63, 3.8) is 0 Å². The Hall–Kier alpha value is -3.64. The molecule has 1 aliphatic heterocycles. The van der Waals surface area contributed by atoms with Crippen LogP contribution in [0.25, 0.3) is 11.3 Å². The minimum Gasteiger partial charge on any atom is -0.340 e. The quantitative estimate of drug-likeness (QED) is 0.483. The summed E-state index contributed by atoms with van der Waals surface area (Å²) < 4.78 is 0. The topological polar surface area (TPSA) is 66.8 Å². The summed E-state index contributed by atoms with van der Waals surface area (Å²) in [4.78, 5) is 20.7. The number of hydrogen-bond acceptors (Lipinski definition) is 6. The van der Waals surface area contributed by atoms with Crippen molar-refractivity contribution in [1.29, 1.82) is 0 Å². The predicted octanol–water partition coefficient (Wildman–Crippen LogP) is 5.01. The van der Waals surface area contributed by atoms with Gasteiger partial charge in [0.05, 0.1) is 11.7 Å². The molecule has 0 unspecified atom stereocenters. The van der Waals surface area contributed by atoms with Crippen molar-refractivity contribution in [2.45, 2.75) is 25.4 Å². The third-order valence-corrected chi connectivity index (χ3v) is 5.56. The van der Waals surface area contributed by atoms with E-state index in [0.29, 0.717) is 0 Å². The van der Waals surface area contributed by atoms with E-state index in [9.17, 15) is 0 Å². The fraction of sp³-hybridized carbons (Fsp3) is 0.200. The van der Waals surface area contributed by atoms with Gasteiger partial charge in [-0.2, -0.15) is 0 Å². The van der Waals surface area contributed by atoms with Crippen LogP contribution in [0.5, 0.6) is 0 Å². The molecule has 3 aromatic heterocycles. The molecule has 1 aliphatic rings. The highest BCUT2D eigenvalue weighted by Gasteiger charge is 2.29. The first kappa shape index (κ1) is 19.3. The van der Waals surface area contributed by atoms with E-state index in [2.05, 4.69) is 32.3 Å². The van der Waals surface area contributed by atoms with Crippen LogP contribution in [-0.2, 0) is 6.54 Å². The van der Waals surface area contributed by atoms with Crippen molar-refractivity contribution in [2.24, 2.45) is 0 Å². The first-order chi connectivity index (χ1) is 15.3. The number of hydrogen-bond donors (Lipinski definition) is 1. The van der Waals surface area contributed by atoms with Gasteiger partial charge in [0.2, 0.25) is 0 Å². The lowest BCUT2D eigenvalue weighted by molar-refractivity contribution is 0.240. The Balaban J connectivity index is 1.50. The van der Waals surface area contributed by atoms with Crippen LogP contribution < -0.4 is 5.32 Å². The Labute approximate surface area is 182 Å².